The fraction of sp³-hybridized carbons (Fsp3) is 0.462. The van der Waals surface area contributed by atoms with Crippen LogP contribution in [-0.4, -0.2) is 34.0 Å². The molecule has 0 saturated carbocycles. The molecule has 1 atom stereocenters. The molecule has 0 aromatic heterocycles. The second-order valence-electron chi connectivity index (χ2n) is 4.95. The molecule has 1 saturated heterocycles. The predicted molar refractivity (Wildman–Crippen MR) is 73.7 cm³/mol. The van der Waals surface area contributed by atoms with Crippen molar-refractivity contribution in [3.63, 3.8) is 0 Å². The lowest BCUT2D eigenvalue weighted by Crippen LogP contribution is -2.38. The number of nitro groups is 1. The average molecular weight is 299 g/mol. The zero-order chi connectivity index (χ0) is 14.7. The van der Waals surface area contributed by atoms with E-state index >= 15 is 0 Å². The van der Waals surface area contributed by atoms with Gasteiger partial charge in [-0.2, -0.15) is 0 Å². The fourth-order valence-corrected chi connectivity index (χ4v) is 2.65. The van der Waals surface area contributed by atoms with Crippen molar-refractivity contribution < 1.29 is 14.8 Å². The second kappa shape index (κ2) is 6.19. The minimum absolute atomic E-state index is 0.0409. The van der Waals surface area contributed by atoms with Crippen LogP contribution in [0.3, 0.4) is 0 Å². The number of nitro benzene ring substituents is 1. The van der Waals surface area contributed by atoms with Crippen LogP contribution >= 0.6 is 11.6 Å². The number of halogens is 1. The molecular formula is C13H15ClN2O4. The van der Waals surface area contributed by atoms with Gasteiger partial charge in [-0.25, -0.2) is 0 Å². The topological polar surface area (TPSA) is 83.7 Å². The standard InChI is InChI=1S/C13H15ClN2O4/c14-12-6-11(16(19)20)4-3-9(12)7-15-5-1-2-10(8-15)13(17)18/h3-4,6,10H,1-2,5,7-8H2,(H,17,18). The number of benzene rings is 1. The molecule has 7 heteroatoms. The van der Waals surface area contributed by atoms with Crippen LogP contribution in [0, 0.1) is 16.0 Å². The van der Waals surface area contributed by atoms with Gasteiger partial charge in [0, 0.05) is 25.2 Å². The molecule has 1 aliphatic heterocycles. The Bertz CT molecular complexity index is 535. The highest BCUT2D eigenvalue weighted by atomic mass is 35.5. The Balaban J connectivity index is 2.06. The van der Waals surface area contributed by atoms with E-state index in [9.17, 15) is 14.9 Å². The van der Waals surface area contributed by atoms with Crippen LogP contribution in [0.15, 0.2) is 18.2 Å². The first-order valence-corrected chi connectivity index (χ1v) is 6.73. The molecule has 1 aromatic carbocycles. The number of carboxylic acid groups (broad SMARTS) is 1. The monoisotopic (exact) mass is 298 g/mol. The van der Waals surface area contributed by atoms with Gasteiger partial charge in [-0.05, 0) is 31.0 Å². The summed E-state index contributed by atoms with van der Waals surface area (Å²) < 4.78 is 0. The quantitative estimate of drug-likeness (QED) is 0.682. The zero-order valence-corrected chi connectivity index (χ0v) is 11.5. The highest BCUT2D eigenvalue weighted by Crippen LogP contribution is 2.25. The molecule has 1 heterocycles. The number of hydrogen-bond donors (Lipinski definition) is 1. The lowest BCUT2D eigenvalue weighted by Gasteiger charge is -2.30. The normalized spacial score (nSPS) is 19.8. The van der Waals surface area contributed by atoms with E-state index in [2.05, 4.69) is 0 Å². The van der Waals surface area contributed by atoms with Crippen molar-refractivity contribution in [2.24, 2.45) is 5.92 Å². The highest BCUT2D eigenvalue weighted by Gasteiger charge is 2.25. The van der Waals surface area contributed by atoms with Crippen molar-refractivity contribution in [2.75, 3.05) is 13.1 Å². The van der Waals surface area contributed by atoms with Crippen LogP contribution in [0.1, 0.15) is 18.4 Å². The Kier molecular flexibility index (Phi) is 4.57. The Morgan fingerprint density at radius 2 is 2.30 bits per heavy atom. The van der Waals surface area contributed by atoms with Crippen molar-refractivity contribution in [2.45, 2.75) is 19.4 Å². The highest BCUT2D eigenvalue weighted by molar-refractivity contribution is 6.31. The number of piperidine rings is 1. The summed E-state index contributed by atoms with van der Waals surface area (Å²) in [6.45, 7) is 1.82. The van der Waals surface area contributed by atoms with Crippen molar-refractivity contribution in [3.05, 3.63) is 38.9 Å². The van der Waals surface area contributed by atoms with Crippen LogP contribution in [0.2, 0.25) is 5.02 Å². The molecule has 0 radical (unpaired) electrons. The number of aliphatic carboxylic acids is 1. The number of hydrogen-bond acceptors (Lipinski definition) is 4. The van der Waals surface area contributed by atoms with Gasteiger partial charge in [0.1, 0.15) is 0 Å². The maximum atomic E-state index is 11.0. The average Bonchev–Trinajstić information content (AvgIpc) is 2.41. The first-order valence-electron chi connectivity index (χ1n) is 6.35. The number of non-ortho nitro benzene ring substituents is 1. The molecule has 2 rings (SSSR count). The van der Waals surface area contributed by atoms with Gasteiger partial charge < -0.3 is 5.11 Å². The minimum Gasteiger partial charge on any atom is -0.481 e. The molecule has 20 heavy (non-hydrogen) atoms. The summed E-state index contributed by atoms with van der Waals surface area (Å²) in [5.41, 5.74) is 0.740. The van der Waals surface area contributed by atoms with Gasteiger partial charge in [-0.3, -0.25) is 19.8 Å². The first-order chi connectivity index (χ1) is 9.47. The van der Waals surface area contributed by atoms with E-state index in [-0.39, 0.29) is 11.6 Å². The molecule has 0 bridgehead atoms. The van der Waals surface area contributed by atoms with E-state index in [4.69, 9.17) is 16.7 Å². The maximum Gasteiger partial charge on any atom is 0.307 e. The number of carbonyl (C=O) groups is 1. The van der Waals surface area contributed by atoms with Gasteiger partial charge >= 0.3 is 5.97 Å². The van der Waals surface area contributed by atoms with Gasteiger partial charge in [-0.1, -0.05) is 11.6 Å². The Labute approximate surface area is 121 Å². The van der Waals surface area contributed by atoms with Crippen LogP contribution in [-0.2, 0) is 11.3 Å². The van der Waals surface area contributed by atoms with Crippen molar-refractivity contribution in [1.82, 2.24) is 4.90 Å². The number of nitrogens with zero attached hydrogens (tertiary/aromatic N) is 2. The third-order valence-corrected chi connectivity index (χ3v) is 3.85. The fourth-order valence-electron chi connectivity index (χ4n) is 2.42. The molecule has 6 nitrogen and oxygen atoms in total. The summed E-state index contributed by atoms with van der Waals surface area (Å²) in [5, 5.41) is 20.0. The molecule has 1 aliphatic rings. The minimum atomic E-state index is -0.774. The Hall–Kier alpha value is -1.66. The van der Waals surface area contributed by atoms with Crippen LogP contribution in [0.5, 0.6) is 0 Å². The largest absolute Gasteiger partial charge is 0.481 e. The summed E-state index contributed by atoms with van der Waals surface area (Å²) in [4.78, 5) is 23.2. The summed E-state index contributed by atoms with van der Waals surface area (Å²) in [5.74, 6) is -1.12. The Morgan fingerprint density at radius 3 is 2.90 bits per heavy atom. The molecule has 0 aliphatic carbocycles. The molecule has 1 aromatic rings. The summed E-state index contributed by atoms with van der Waals surface area (Å²) >= 11 is 6.04. The summed E-state index contributed by atoms with van der Waals surface area (Å²) in [6, 6.07) is 4.38. The third-order valence-electron chi connectivity index (χ3n) is 3.50. The van der Waals surface area contributed by atoms with Gasteiger partial charge in [0.05, 0.1) is 15.9 Å². The Morgan fingerprint density at radius 1 is 1.55 bits per heavy atom. The number of carboxylic acids is 1. The van der Waals surface area contributed by atoms with E-state index in [1.165, 1.54) is 12.1 Å². The van der Waals surface area contributed by atoms with E-state index in [0.29, 0.717) is 24.5 Å². The van der Waals surface area contributed by atoms with E-state index in [0.717, 1.165) is 18.5 Å². The molecule has 1 fully saturated rings. The first kappa shape index (κ1) is 14.7. The van der Waals surface area contributed by atoms with Gasteiger partial charge in [0.2, 0.25) is 0 Å². The summed E-state index contributed by atoms with van der Waals surface area (Å²) in [7, 11) is 0. The van der Waals surface area contributed by atoms with Gasteiger partial charge in [0.25, 0.3) is 5.69 Å². The molecule has 1 N–H and O–H groups in total. The predicted octanol–water partition coefficient (Wildman–Crippen LogP) is 2.54. The van der Waals surface area contributed by atoms with Crippen LogP contribution < -0.4 is 0 Å². The number of likely N-dealkylation sites (tertiary alicyclic amines) is 1. The molecule has 0 spiro atoms. The molecule has 1 unspecified atom stereocenters. The van der Waals surface area contributed by atoms with Gasteiger partial charge in [0.15, 0.2) is 0 Å². The van der Waals surface area contributed by atoms with Crippen molar-refractivity contribution in [1.29, 1.82) is 0 Å². The summed E-state index contributed by atoms with van der Waals surface area (Å²) in [6.07, 6.45) is 1.53. The molecular weight excluding hydrogens is 284 g/mol. The van der Waals surface area contributed by atoms with E-state index < -0.39 is 10.9 Å². The van der Waals surface area contributed by atoms with Crippen molar-refractivity contribution in [3.8, 4) is 0 Å². The van der Waals surface area contributed by atoms with Crippen LogP contribution in [0.4, 0.5) is 5.69 Å². The third kappa shape index (κ3) is 3.46. The maximum absolute atomic E-state index is 11.0. The lowest BCUT2D eigenvalue weighted by atomic mass is 9.98. The SMILES string of the molecule is O=C(O)C1CCCN(Cc2ccc([N+](=O)[O-])cc2Cl)C1. The van der Waals surface area contributed by atoms with Gasteiger partial charge in [-0.15, -0.1) is 0 Å². The van der Waals surface area contributed by atoms with Crippen molar-refractivity contribution >= 4 is 23.3 Å². The molecule has 108 valence electrons. The molecule has 0 amide bonds. The van der Waals surface area contributed by atoms with E-state index in [1.54, 1.807) is 6.07 Å². The zero-order valence-electron chi connectivity index (χ0n) is 10.8. The lowest BCUT2D eigenvalue weighted by molar-refractivity contribution is -0.384. The second-order valence-corrected chi connectivity index (χ2v) is 5.35. The number of rotatable bonds is 4. The smallest absolute Gasteiger partial charge is 0.307 e. The van der Waals surface area contributed by atoms with Crippen LogP contribution in [0.25, 0.3) is 0 Å². The van der Waals surface area contributed by atoms with E-state index in [1.807, 2.05) is 4.90 Å².